The lowest BCUT2D eigenvalue weighted by molar-refractivity contribution is 0.103. The number of ketones is 1. The van der Waals surface area contributed by atoms with E-state index in [1.54, 1.807) is 19.9 Å². The van der Waals surface area contributed by atoms with Gasteiger partial charge in [0.05, 0.1) is 11.1 Å². The van der Waals surface area contributed by atoms with Crippen molar-refractivity contribution in [3.8, 4) is 0 Å². The first-order valence-electron chi connectivity index (χ1n) is 5.66. The number of benzene rings is 2. The van der Waals surface area contributed by atoms with Gasteiger partial charge in [0.2, 0.25) is 0 Å². The van der Waals surface area contributed by atoms with Crippen molar-refractivity contribution in [3.05, 3.63) is 68.7 Å². The van der Waals surface area contributed by atoms with Gasteiger partial charge in [0.15, 0.2) is 5.78 Å². The van der Waals surface area contributed by atoms with Crippen LogP contribution in [-0.4, -0.2) is 5.78 Å². The van der Waals surface area contributed by atoms with E-state index >= 15 is 0 Å². The van der Waals surface area contributed by atoms with Gasteiger partial charge in [-0.3, -0.25) is 4.79 Å². The molecule has 0 aliphatic rings. The number of hydrogen-bond donors (Lipinski definition) is 0. The third kappa shape index (κ3) is 2.73. The van der Waals surface area contributed by atoms with Crippen LogP contribution in [0.3, 0.4) is 0 Å². The average Bonchev–Trinajstić information content (AvgIpc) is 2.30. The Morgan fingerprint density at radius 2 is 1.74 bits per heavy atom. The Hall–Kier alpha value is -1.55. The molecule has 1 nitrogen and oxygen atoms in total. The minimum Gasteiger partial charge on any atom is -0.288 e. The topological polar surface area (TPSA) is 17.1 Å². The van der Waals surface area contributed by atoms with Crippen LogP contribution in [0.4, 0.5) is 8.78 Å². The molecule has 0 saturated heterocycles. The molecule has 2 rings (SSSR count). The Balaban J connectivity index is 2.59. The number of aryl methyl sites for hydroxylation is 2. The van der Waals surface area contributed by atoms with Crippen molar-refractivity contribution < 1.29 is 13.6 Å². The summed E-state index contributed by atoms with van der Waals surface area (Å²) in [5.74, 6) is -1.93. The van der Waals surface area contributed by atoms with Crippen LogP contribution in [-0.2, 0) is 0 Å². The molecule has 0 aliphatic carbocycles. The lowest BCUT2D eigenvalue weighted by Gasteiger charge is -2.09. The number of rotatable bonds is 2. The number of carbonyl (C=O) groups excluding carboxylic acids is 1. The summed E-state index contributed by atoms with van der Waals surface area (Å²) in [4.78, 5) is 12.3. The van der Waals surface area contributed by atoms with Gasteiger partial charge in [-0.2, -0.15) is 0 Å². The molecule has 0 heterocycles. The zero-order valence-corrected chi connectivity index (χ0v) is 12.0. The fourth-order valence-electron chi connectivity index (χ4n) is 2.01. The average molecular weight is 325 g/mol. The summed E-state index contributed by atoms with van der Waals surface area (Å²) < 4.78 is 28.2. The Kier molecular flexibility index (Phi) is 3.80. The molecule has 0 aliphatic heterocycles. The largest absolute Gasteiger partial charge is 0.288 e. The molecule has 0 spiro atoms. The second-order valence-corrected chi connectivity index (χ2v) is 5.31. The zero-order valence-electron chi connectivity index (χ0n) is 10.4. The SMILES string of the molecule is Cc1cc(C)c(C(=O)c2cc(Br)ccc2F)c(F)c1. The molecule has 0 bridgehead atoms. The molecule has 4 heteroatoms. The van der Waals surface area contributed by atoms with Gasteiger partial charge >= 0.3 is 0 Å². The van der Waals surface area contributed by atoms with E-state index in [4.69, 9.17) is 0 Å². The van der Waals surface area contributed by atoms with Crippen molar-refractivity contribution in [1.29, 1.82) is 0 Å². The Morgan fingerprint density at radius 1 is 1.05 bits per heavy atom. The molecule has 0 N–H and O–H groups in total. The molecular weight excluding hydrogens is 314 g/mol. The molecule has 0 fully saturated rings. The molecule has 0 radical (unpaired) electrons. The summed E-state index contributed by atoms with van der Waals surface area (Å²) in [5.41, 5.74) is 1.01. The highest BCUT2D eigenvalue weighted by Gasteiger charge is 2.20. The van der Waals surface area contributed by atoms with Crippen LogP contribution in [0.25, 0.3) is 0 Å². The summed E-state index contributed by atoms with van der Waals surface area (Å²) in [6.07, 6.45) is 0. The van der Waals surface area contributed by atoms with Crippen molar-refractivity contribution in [2.24, 2.45) is 0 Å². The van der Waals surface area contributed by atoms with E-state index < -0.39 is 17.4 Å². The third-order valence-corrected chi connectivity index (χ3v) is 3.33. The highest BCUT2D eigenvalue weighted by atomic mass is 79.9. The zero-order chi connectivity index (χ0) is 14.2. The third-order valence-electron chi connectivity index (χ3n) is 2.83. The molecule has 0 amide bonds. The highest BCUT2D eigenvalue weighted by Crippen LogP contribution is 2.23. The molecule has 98 valence electrons. The minimum absolute atomic E-state index is 0.0809. The molecule has 2 aromatic carbocycles. The van der Waals surface area contributed by atoms with Crippen molar-refractivity contribution in [3.63, 3.8) is 0 Å². The highest BCUT2D eigenvalue weighted by molar-refractivity contribution is 9.10. The van der Waals surface area contributed by atoms with E-state index in [0.29, 0.717) is 10.0 Å². The van der Waals surface area contributed by atoms with Crippen molar-refractivity contribution in [1.82, 2.24) is 0 Å². The summed E-state index contributed by atoms with van der Waals surface area (Å²) >= 11 is 3.17. The van der Waals surface area contributed by atoms with E-state index in [0.717, 1.165) is 5.56 Å². The van der Waals surface area contributed by atoms with Crippen molar-refractivity contribution >= 4 is 21.7 Å². The first kappa shape index (κ1) is 13.9. The number of hydrogen-bond acceptors (Lipinski definition) is 1. The maximum Gasteiger partial charge on any atom is 0.199 e. The van der Waals surface area contributed by atoms with Crippen LogP contribution in [0, 0.1) is 25.5 Å². The maximum absolute atomic E-state index is 13.9. The van der Waals surface area contributed by atoms with Crippen LogP contribution >= 0.6 is 15.9 Å². The van der Waals surface area contributed by atoms with E-state index in [1.807, 2.05) is 0 Å². The van der Waals surface area contributed by atoms with Crippen molar-refractivity contribution in [2.75, 3.05) is 0 Å². The molecule has 2 aromatic rings. The first-order chi connectivity index (χ1) is 8.90. The van der Waals surface area contributed by atoms with E-state index in [9.17, 15) is 13.6 Å². The van der Waals surface area contributed by atoms with Crippen molar-refractivity contribution in [2.45, 2.75) is 13.8 Å². The second kappa shape index (κ2) is 5.21. The predicted molar refractivity (Wildman–Crippen MR) is 73.4 cm³/mol. The number of halogens is 3. The van der Waals surface area contributed by atoms with Crippen LogP contribution in [0.15, 0.2) is 34.8 Å². The van der Waals surface area contributed by atoms with Gasteiger partial charge in [-0.25, -0.2) is 8.78 Å². The summed E-state index contributed by atoms with van der Waals surface area (Å²) in [6, 6.07) is 7.00. The minimum atomic E-state index is -0.660. The molecule has 0 aromatic heterocycles. The standard InChI is InChI=1S/C15H11BrF2O/c1-8-5-9(2)14(13(18)6-8)15(19)11-7-10(16)3-4-12(11)17/h3-7H,1-2H3. The van der Waals surface area contributed by atoms with E-state index in [2.05, 4.69) is 15.9 Å². The molecule has 0 atom stereocenters. The van der Waals surface area contributed by atoms with Gasteiger partial charge in [0, 0.05) is 4.47 Å². The Morgan fingerprint density at radius 3 is 2.37 bits per heavy atom. The summed E-state index contributed by atoms with van der Waals surface area (Å²) in [5, 5.41) is 0. The lowest BCUT2D eigenvalue weighted by atomic mass is 9.96. The maximum atomic E-state index is 13.9. The summed E-state index contributed by atoms with van der Waals surface area (Å²) in [7, 11) is 0. The smallest absolute Gasteiger partial charge is 0.199 e. The van der Waals surface area contributed by atoms with Gasteiger partial charge in [0.25, 0.3) is 0 Å². The van der Waals surface area contributed by atoms with Crippen LogP contribution < -0.4 is 0 Å². The van der Waals surface area contributed by atoms with Crippen LogP contribution in [0.1, 0.15) is 27.0 Å². The molecule has 0 unspecified atom stereocenters. The Bertz CT molecular complexity index is 642. The molecular formula is C15H11BrF2O. The van der Waals surface area contributed by atoms with Crippen LogP contribution in [0.5, 0.6) is 0 Å². The molecule has 0 saturated carbocycles. The second-order valence-electron chi connectivity index (χ2n) is 4.39. The molecule has 19 heavy (non-hydrogen) atoms. The predicted octanol–water partition coefficient (Wildman–Crippen LogP) is 4.58. The summed E-state index contributed by atoms with van der Waals surface area (Å²) in [6.45, 7) is 3.38. The van der Waals surface area contributed by atoms with Gasteiger partial charge in [-0.1, -0.05) is 22.0 Å². The number of carbonyl (C=O) groups is 1. The van der Waals surface area contributed by atoms with Crippen LogP contribution in [0.2, 0.25) is 0 Å². The van der Waals surface area contributed by atoms with E-state index in [-0.39, 0.29) is 11.1 Å². The lowest BCUT2D eigenvalue weighted by Crippen LogP contribution is -2.09. The Labute approximate surface area is 118 Å². The van der Waals surface area contributed by atoms with E-state index in [1.165, 1.54) is 24.3 Å². The fourth-order valence-corrected chi connectivity index (χ4v) is 2.37. The first-order valence-corrected chi connectivity index (χ1v) is 6.46. The monoisotopic (exact) mass is 324 g/mol. The van der Waals surface area contributed by atoms with Gasteiger partial charge in [0.1, 0.15) is 11.6 Å². The quantitative estimate of drug-likeness (QED) is 0.739. The van der Waals surface area contributed by atoms with Gasteiger partial charge in [-0.15, -0.1) is 0 Å². The van der Waals surface area contributed by atoms with Gasteiger partial charge in [-0.05, 0) is 49.2 Å². The normalized spacial score (nSPS) is 10.6. The fraction of sp³-hybridized carbons (Fsp3) is 0.133. The van der Waals surface area contributed by atoms with Gasteiger partial charge < -0.3 is 0 Å².